The van der Waals surface area contributed by atoms with Crippen LogP contribution in [0.5, 0.6) is 0 Å². The summed E-state index contributed by atoms with van der Waals surface area (Å²) in [4.78, 5) is 37.0. The Morgan fingerprint density at radius 2 is 0.788 bits per heavy atom. The number of carbonyl (C=O) groups is 3. The summed E-state index contributed by atoms with van der Waals surface area (Å²) in [6, 6.07) is -0.752. The van der Waals surface area contributed by atoms with Crippen LogP contribution >= 0.6 is 0 Å². The van der Waals surface area contributed by atoms with Gasteiger partial charge in [0.05, 0.1) is 40.3 Å². The number of ether oxygens (including phenoxy) is 3. The maximum absolute atomic E-state index is 12.8. The molecule has 0 spiro atoms. The molecule has 0 aliphatic carbocycles. The third kappa shape index (κ3) is 44.4. The number of unbranched alkanes of at least 4 members (excludes halogenated alkanes) is 4. The van der Waals surface area contributed by atoms with Gasteiger partial charge in [0.1, 0.15) is 12.6 Å². The summed E-state index contributed by atoms with van der Waals surface area (Å²) in [7, 11) is 5.36. The second-order valence-corrected chi connectivity index (χ2v) is 16.9. The van der Waals surface area contributed by atoms with Crippen molar-refractivity contribution < 1.29 is 38.2 Å². The Kier molecular flexibility index (Phi) is 43.3. The summed E-state index contributed by atoms with van der Waals surface area (Å²) in [5, 5.41) is 11.7. The van der Waals surface area contributed by atoms with Gasteiger partial charge < -0.3 is 28.6 Å². The van der Waals surface area contributed by atoms with E-state index in [1.807, 2.05) is 0 Å². The number of aliphatic carboxylic acids is 1. The summed E-state index contributed by atoms with van der Waals surface area (Å²) in [6.45, 7) is 4.31. The van der Waals surface area contributed by atoms with Crippen LogP contribution in [0.25, 0.3) is 0 Å². The van der Waals surface area contributed by atoms with Gasteiger partial charge in [0, 0.05) is 19.3 Å². The smallest absolute Gasteiger partial charge is 0.306 e. The zero-order valence-corrected chi connectivity index (χ0v) is 41.8. The van der Waals surface area contributed by atoms with E-state index < -0.39 is 18.1 Å². The number of carboxylic acid groups (broad SMARTS) is 1. The minimum atomic E-state index is -1.15. The molecule has 0 aromatic carbocycles. The van der Waals surface area contributed by atoms with Crippen LogP contribution in [0.15, 0.2) is 146 Å². The third-order valence-corrected chi connectivity index (χ3v) is 9.97. The molecule has 0 aromatic rings. The fourth-order valence-corrected chi connectivity index (χ4v) is 6.19. The van der Waals surface area contributed by atoms with Crippen molar-refractivity contribution in [2.24, 2.45) is 0 Å². The van der Waals surface area contributed by atoms with Gasteiger partial charge in [0.2, 0.25) is 0 Å². The number of carbonyl (C=O) groups excluding carboxylic acids is 3. The largest absolute Gasteiger partial charge is 0.544 e. The fraction of sp³-hybridized carbons (Fsp3) is 0.534. The van der Waals surface area contributed by atoms with Gasteiger partial charge in [-0.25, -0.2) is 0 Å². The predicted molar refractivity (Wildman–Crippen MR) is 276 cm³/mol. The summed E-state index contributed by atoms with van der Waals surface area (Å²) in [5.41, 5.74) is 0. The van der Waals surface area contributed by atoms with Gasteiger partial charge in [-0.2, -0.15) is 0 Å². The molecule has 8 nitrogen and oxygen atoms in total. The van der Waals surface area contributed by atoms with Crippen molar-refractivity contribution in [3.63, 3.8) is 0 Å². The number of quaternary nitrogens is 1. The molecule has 0 saturated carbocycles. The summed E-state index contributed by atoms with van der Waals surface area (Å²) in [5.74, 6) is -1.87. The second kappa shape index (κ2) is 46.7. The van der Waals surface area contributed by atoms with Crippen molar-refractivity contribution in [1.82, 2.24) is 0 Å². The van der Waals surface area contributed by atoms with Crippen LogP contribution < -0.4 is 5.11 Å². The summed E-state index contributed by atoms with van der Waals surface area (Å²) < 4.78 is 17.1. The highest BCUT2D eigenvalue weighted by molar-refractivity contribution is 5.70. The van der Waals surface area contributed by atoms with E-state index in [9.17, 15) is 19.5 Å². The zero-order valence-electron chi connectivity index (χ0n) is 41.8. The molecule has 0 fully saturated rings. The molecule has 0 aliphatic heterocycles. The van der Waals surface area contributed by atoms with Crippen molar-refractivity contribution in [2.75, 3.05) is 41.0 Å². The number of rotatable bonds is 42. The third-order valence-electron chi connectivity index (χ3n) is 9.97. The number of allylic oxidation sites excluding steroid dienone is 24. The van der Waals surface area contributed by atoms with Gasteiger partial charge >= 0.3 is 11.9 Å². The molecule has 0 aromatic heterocycles. The Balaban J connectivity index is 4.49. The number of esters is 2. The van der Waals surface area contributed by atoms with Crippen molar-refractivity contribution in [1.29, 1.82) is 0 Å². The average molecular weight is 912 g/mol. The first-order valence-electron chi connectivity index (χ1n) is 24.9. The topological polar surface area (TPSA) is 102 Å². The van der Waals surface area contributed by atoms with Crippen LogP contribution in [-0.4, -0.2) is 75.5 Å². The Labute approximate surface area is 402 Å². The SMILES string of the molecule is CC/C=C/C/C=C/C/C=C/C/C=C/C/C=C/C/C=C/CCCCC(=O)OCC(COCCC(C(=O)[O-])[N+](C)(C)C)OC(=O)CCCC/C=C/C/C=C/C/C=C/C/C=C/C/C=C/C/C=C/CC. The molecular weight excluding hydrogens is 823 g/mol. The Hall–Kier alpha value is -4.79. The lowest BCUT2D eigenvalue weighted by molar-refractivity contribution is -0.889. The van der Waals surface area contributed by atoms with Crippen molar-refractivity contribution >= 4 is 17.9 Å². The lowest BCUT2D eigenvalue weighted by Crippen LogP contribution is -2.55. The molecule has 0 saturated heterocycles. The first-order valence-corrected chi connectivity index (χ1v) is 24.9. The molecule has 0 radical (unpaired) electrons. The van der Waals surface area contributed by atoms with Crippen LogP contribution in [0.1, 0.15) is 149 Å². The molecule has 66 heavy (non-hydrogen) atoms. The van der Waals surface area contributed by atoms with E-state index in [4.69, 9.17) is 14.2 Å². The average Bonchev–Trinajstić information content (AvgIpc) is 3.28. The number of carboxylic acids is 1. The lowest BCUT2D eigenvalue weighted by Gasteiger charge is -2.34. The summed E-state index contributed by atoms with van der Waals surface area (Å²) >= 11 is 0. The van der Waals surface area contributed by atoms with E-state index in [0.717, 1.165) is 103 Å². The minimum absolute atomic E-state index is 0.00283. The van der Waals surface area contributed by atoms with E-state index in [0.29, 0.717) is 12.8 Å². The first kappa shape index (κ1) is 61.2. The minimum Gasteiger partial charge on any atom is -0.544 e. The van der Waals surface area contributed by atoms with E-state index in [1.165, 1.54) is 0 Å². The van der Waals surface area contributed by atoms with Crippen LogP contribution in [0.4, 0.5) is 0 Å². The number of hydrogen-bond donors (Lipinski definition) is 0. The van der Waals surface area contributed by atoms with Gasteiger partial charge in [-0.3, -0.25) is 9.59 Å². The molecule has 0 aliphatic rings. The van der Waals surface area contributed by atoms with Crippen LogP contribution in [0, 0.1) is 0 Å². The predicted octanol–water partition coefficient (Wildman–Crippen LogP) is 13.2. The summed E-state index contributed by atoms with van der Waals surface area (Å²) in [6.07, 6.45) is 68.8. The molecule has 0 heterocycles. The zero-order chi connectivity index (χ0) is 48.4. The quantitative estimate of drug-likeness (QED) is 0.0260. The monoisotopic (exact) mass is 912 g/mol. The van der Waals surface area contributed by atoms with E-state index in [2.05, 4.69) is 160 Å². The molecule has 0 N–H and O–H groups in total. The molecule has 0 rings (SSSR count). The van der Waals surface area contributed by atoms with Gasteiger partial charge in [-0.05, 0) is 116 Å². The lowest BCUT2D eigenvalue weighted by atomic mass is 10.1. The number of likely N-dealkylation sites (N-methyl/N-ethyl adjacent to an activating group) is 1. The van der Waals surface area contributed by atoms with E-state index in [-0.39, 0.29) is 55.5 Å². The Morgan fingerprint density at radius 3 is 1.12 bits per heavy atom. The van der Waals surface area contributed by atoms with Gasteiger partial charge in [-0.15, -0.1) is 0 Å². The van der Waals surface area contributed by atoms with E-state index >= 15 is 0 Å². The maximum atomic E-state index is 12.8. The Bertz CT molecular complexity index is 1580. The van der Waals surface area contributed by atoms with Crippen molar-refractivity contribution in [3.05, 3.63) is 146 Å². The standard InChI is InChI=1S/C58H89NO7/c1-6-8-10-12-14-16-18-20-22-24-26-28-30-32-34-36-38-40-42-44-46-48-56(60)65-53-54(52-64-51-50-55(58(62)63)59(3,4)5)66-57(61)49-47-45-43-41-39-37-35-33-31-29-27-25-23-21-19-17-15-13-11-9-7-2/h8-11,14-17,20-23,26-29,32-35,38-41,54-55H,6-7,12-13,18-19,24-25,30-31,36-37,42-53H2,1-5H3/b10-8+,11-9+,16-14+,17-15+,22-20+,23-21+,28-26+,29-27+,34-32+,35-33+,40-38+,41-39+. The van der Waals surface area contributed by atoms with Crippen LogP contribution in [0.2, 0.25) is 0 Å². The van der Waals surface area contributed by atoms with Gasteiger partial charge in [-0.1, -0.05) is 160 Å². The van der Waals surface area contributed by atoms with Gasteiger partial charge in [0.15, 0.2) is 6.10 Å². The number of nitrogens with zero attached hydrogens (tertiary/aromatic N) is 1. The molecule has 368 valence electrons. The molecular formula is C58H89NO7. The molecule has 2 atom stereocenters. The number of hydrogen-bond acceptors (Lipinski definition) is 7. The fourth-order valence-electron chi connectivity index (χ4n) is 6.19. The molecule has 0 amide bonds. The molecule has 0 bridgehead atoms. The van der Waals surface area contributed by atoms with Crippen molar-refractivity contribution in [3.8, 4) is 0 Å². The van der Waals surface area contributed by atoms with E-state index in [1.54, 1.807) is 21.1 Å². The second-order valence-electron chi connectivity index (χ2n) is 16.9. The van der Waals surface area contributed by atoms with Gasteiger partial charge in [0.25, 0.3) is 0 Å². The first-order chi connectivity index (χ1) is 32.1. The van der Waals surface area contributed by atoms with Crippen molar-refractivity contribution in [2.45, 2.75) is 161 Å². The highest BCUT2D eigenvalue weighted by Crippen LogP contribution is 2.11. The molecule has 8 heteroatoms. The highest BCUT2D eigenvalue weighted by Gasteiger charge is 2.25. The maximum Gasteiger partial charge on any atom is 0.306 e. The normalized spacial score (nSPS) is 14.1. The molecule has 2 unspecified atom stereocenters. The highest BCUT2D eigenvalue weighted by atomic mass is 16.6. The van der Waals surface area contributed by atoms with Crippen LogP contribution in [-0.2, 0) is 28.6 Å². The van der Waals surface area contributed by atoms with Crippen LogP contribution in [0.3, 0.4) is 0 Å². The Morgan fingerprint density at radius 1 is 0.455 bits per heavy atom.